The number of carbonyl (C=O) groups excluding carboxylic acids is 2. The minimum absolute atomic E-state index is 0.0739. The maximum absolute atomic E-state index is 11.5. The first-order chi connectivity index (χ1) is 9.51. The van der Waals surface area contributed by atoms with Crippen LogP contribution in [-0.2, 0) is 25.5 Å². The van der Waals surface area contributed by atoms with E-state index in [0.29, 0.717) is 6.42 Å². The number of likely N-dealkylation sites (N-methyl/N-ethyl adjacent to an activating group) is 1. The largest absolute Gasteiger partial charge is 0.534 e. The number of carbonyl (C=O) groups is 3. The number of benzene rings is 1. The van der Waals surface area contributed by atoms with E-state index in [9.17, 15) is 14.4 Å². The second-order valence-corrected chi connectivity index (χ2v) is 4.41. The highest BCUT2D eigenvalue weighted by Crippen LogP contribution is 1.96. The Kier molecular flexibility index (Phi) is 6.45. The van der Waals surface area contributed by atoms with Crippen LogP contribution < -0.4 is 5.46 Å². The van der Waals surface area contributed by atoms with Crippen molar-refractivity contribution in [2.24, 2.45) is 0 Å². The van der Waals surface area contributed by atoms with Crippen LogP contribution in [0.15, 0.2) is 24.3 Å². The molecule has 106 valence electrons. The molecule has 7 heteroatoms. The smallest absolute Gasteiger partial charge is 0.377 e. The second kappa shape index (κ2) is 8.11. The van der Waals surface area contributed by atoms with Crippen molar-refractivity contribution in [1.29, 1.82) is 0 Å². The zero-order valence-corrected chi connectivity index (χ0v) is 11.2. The van der Waals surface area contributed by atoms with Gasteiger partial charge in [-0.05, 0) is 18.1 Å². The van der Waals surface area contributed by atoms with Crippen LogP contribution in [0.2, 0.25) is 0 Å². The first kappa shape index (κ1) is 15.9. The molecule has 0 radical (unpaired) electrons. The number of hydrogen-bond donors (Lipinski definition) is 1. The van der Waals surface area contributed by atoms with Crippen molar-refractivity contribution in [2.75, 3.05) is 20.1 Å². The van der Waals surface area contributed by atoms with Crippen LogP contribution in [0.4, 0.5) is 0 Å². The SMILES string of the molecule is CN(CC(=O)O)CC(=O)OBc1ccc(CC=O)cc1. The molecule has 0 atom stereocenters. The van der Waals surface area contributed by atoms with E-state index >= 15 is 0 Å². The van der Waals surface area contributed by atoms with Gasteiger partial charge in [0.25, 0.3) is 0 Å². The van der Waals surface area contributed by atoms with Gasteiger partial charge >= 0.3 is 19.4 Å². The number of hydrogen-bond acceptors (Lipinski definition) is 5. The summed E-state index contributed by atoms with van der Waals surface area (Å²) in [5.41, 5.74) is 1.71. The molecule has 0 bridgehead atoms. The van der Waals surface area contributed by atoms with Crippen molar-refractivity contribution >= 4 is 31.2 Å². The van der Waals surface area contributed by atoms with Gasteiger partial charge in [0.2, 0.25) is 0 Å². The van der Waals surface area contributed by atoms with Gasteiger partial charge in [0.05, 0.1) is 13.1 Å². The van der Waals surface area contributed by atoms with Crippen LogP contribution in [0.5, 0.6) is 0 Å². The molecule has 0 saturated heterocycles. The Hall–Kier alpha value is -2.15. The fourth-order valence-electron chi connectivity index (χ4n) is 1.58. The molecule has 0 unspecified atom stereocenters. The van der Waals surface area contributed by atoms with Crippen molar-refractivity contribution in [1.82, 2.24) is 4.90 Å². The average molecular weight is 277 g/mol. The number of rotatable bonds is 8. The summed E-state index contributed by atoms with van der Waals surface area (Å²) in [6.07, 6.45) is 1.19. The van der Waals surface area contributed by atoms with Gasteiger partial charge in [-0.3, -0.25) is 14.5 Å². The first-order valence-corrected chi connectivity index (χ1v) is 6.08. The lowest BCUT2D eigenvalue weighted by atomic mass is 9.87. The molecule has 0 aliphatic rings. The van der Waals surface area contributed by atoms with Crippen molar-refractivity contribution in [3.63, 3.8) is 0 Å². The Balaban J connectivity index is 2.36. The van der Waals surface area contributed by atoms with Crippen molar-refractivity contribution in [3.8, 4) is 0 Å². The zero-order chi connectivity index (χ0) is 15.0. The van der Waals surface area contributed by atoms with E-state index in [4.69, 9.17) is 9.76 Å². The molecule has 1 aromatic carbocycles. The molecule has 0 aromatic heterocycles. The second-order valence-electron chi connectivity index (χ2n) is 4.41. The van der Waals surface area contributed by atoms with Crippen LogP contribution in [0.1, 0.15) is 5.56 Å². The predicted octanol–water partition coefficient (Wildman–Crippen LogP) is -1.04. The first-order valence-electron chi connectivity index (χ1n) is 6.08. The summed E-state index contributed by atoms with van der Waals surface area (Å²) in [7, 11) is 1.66. The molecule has 1 aromatic rings. The van der Waals surface area contributed by atoms with Gasteiger partial charge in [-0.25, -0.2) is 0 Å². The van der Waals surface area contributed by atoms with Crippen LogP contribution in [-0.4, -0.2) is 55.9 Å². The molecule has 1 N–H and O–H groups in total. The van der Waals surface area contributed by atoms with Gasteiger partial charge in [-0.1, -0.05) is 24.3 Å². The summed E-state index contributed by atoms with van der Waals surface area (Å²) >= 11 is 0. The number of carboxylic acids is 1. The maximum atomic E-state index is 11.5. The summed E-state index contributed by atoms with van der Waals surface area (Å²) in [4.78, 5) is 33.6. The molecule has 0 fully saturated rings. The number of carboxylic acid groups (broad SMARTS) is 1. The summed E-state index contributed by atoms with van der Waals surface area (Å²) in [5, 5.41) is 8.56. The quantitative estimate of drug-likeness (QED) is 0.483. The topological polar surface area (TPSA) is 83.9 Å². The van der Waals surface area contributed by atoms with Gasteiger partial charge in [-0.2, -0.15) is 0 Å². The molecule has 6 nitrogen and oxygen atoms in total. The fourth-order valence-corrected chi connectivity index (χ4v) is 1.58. The predicted molar refractivity (Wildman–Crippen MR) is 74.2 cm³/mol. The van der Waals surface area contributed by atoms with E-state index in [1.165, 1.54) is 11.9 Å². The Bertz CT molecular complexity index is 474. The normalized spacial score (nSPS) is 10.1. The third kappa shape index (κ3) is 6.15. The van der Waals surface area contributed by atoms with Gasteiger partial charge in [0.1, 0.15) is 6.29 Å². The van der Waals surface area contributed by atoms with Crippen LogP contribution in [0, 0.1) is 0 Å². The summed E-state index contributed by atoms with van der Waals surface area (Å²) in [6, 6.07) is 7.17. The monoisotopic (exact) mass is 277 g/mol. The molecular weight excluding hydrogens is 261 g/mol. The van der Waals surface area contributed by atoms with Crippen molar-refractivity contribution < 1.29 is 24.1 Å². The van der Waals surface area contributed by atoms with E-state index in [1.54, 1.807) is 24.3 Å². The number of nitrogens with zero attached hydrogens (tertiary/aromatic N) is 1. The molecule has 0 saturated carbocycles. The molecule has 1 rings (SSSR count). The zero-order valence-electron chi connectivity index (χ0n) is 11.2. The van der Waals surface area contributed by atoms with Crippen LogP contribution in [0.25, 0.3) is 0 Å². The number of aliphatic carboxylic acids is 1. The van der Waals surface area contributed by atoms with Gasteiger partial charge in [0, 0.05) is 6.42 Å². The highest BCUT2D eigenvalue weighted by Gasteiger charge is 2.11. The summed E-state index contributed by atoms with van der Waals surface area (Å²) < 4.78 is 5.04. The lowest BCUT2D eigenvalue weighted by molar-refractivity contribution is -0.140. The van der Waals surface area contributed by atoms with Gasteiger partial charge < -0.3 is 14.6 Å². The van der Waals surface area contributed by atoms with E-state index in [2.05, 4.69) is 0 Å². The van der Waals surface area contributed by atoms with Gasteiger partial charge in [0.15, 0.2) is 0 Å². The standard InChI is InChI=1S/C13H16BNO5/c1-15(8-12(17)18)9-13(19)20-14-11-4-2-10(3-5-11)6-7-16/h2-5,7,14H,6,8-9H2,1H3,(H,17,18). The van der Waals surface area contributed by atoms with Crippen LogP contribution in [0.3, 0.4) is 0 Å². The van der Waals surface area contributed by atoms with Crippen molar-refractivity contribution in [3.05, 3.63) is 29.8 Å². The third-order valence-corrected chi connectivity index (χ3v) is 2.55. The molecule has 0 aliphatic carbocycles. The number of aldehydes is 1. The summed E-state index contributed by atoms with van der Waals surface area (Å²) in [6.45, 7) is -0.287. The van der Waals surface area contributed by atoms with Gasteiger partial charge in [-0.15, -0.1) is 0 Å². The molecule has 0 aliphatic heterocycles. The highest BCUT2D eigenvalue weighted by atomic mass is 16.5. The molecule has 0 heterocycles. The maximum Gasteiger partial charge on any atom is 0.377 e. The lowest BCUT2D eigenvalue weighted by Crippen LogP contribution is -2.33. The average Bonchev–Trinajstić information content (AvgIpc) is 2.37. The Morgan fingerprint density at radius 2 is 1.95 bits per heavy atom. The molecule has 20 heavy (non-hydrogen) atoms. The molecular formula is C13H16BNO5. The highest BCUT2D eigenvalue weighted by molar-refractivity contribution is 6.48. The Morgan fingerprint density at radius 1 is 1.30 bits per heavy atom. The molecule has 0 amide bonds. The minimum atomic E-state index is -0.994. The van der Waals surface area contributed by atoms with E-state index in [0.717, 1.165) is 17.3 Å². The van der Waals surface area contributed by atoms with Crippen LogP contribution >= 0.6 is 0 Å². The Morgan fingerprint density at radius 3 is 2.50 bits per heavy atom. The van der Waals surface area contributed by atoms with E-state index in [1.807, 2.05) is 0 Å². The fraction of sp³-hybridized carbons (Fsp3) is 0.308. The molecule has 0 spiro atoms. The minimum Gasteiger partial charge on any atom is -0.534 e. The van der Waals surface area contributed by atoms with Crippen molar-refractivity contribution in [2.45, 2.75) is 6.42 Å². The lowest BCUT2D eigenvalue weighted by Gasteiger charge is -2.13. The third-order valence-electron chi connectivity index (χ3n) is 2.55. The van der Waals surface area contributed by atoms with E-state index < -0.39 is 11.9 Å². The summed E-state index contributed by atoms with van der Waals surface area (Å²) in [5.74, 6) is -1.48. The Labute approximate surface area is 117 Å². The van der Waals surface area contributed by atoms with E-state index in [-0.39, 0.29) is 20.6 Å².